The normalized spacial score (nSPS) is 17.0. The maximum atomic E-state index is 13.7. The van der Waals surface area contributed by atoms with Gasteiger partial charge < -0.3 is 10.1 Å². The summed E-state index contributed by atoms with van der Waals surface area (Å²) in [5, 5.41) is 3.39. The zero-order valence-electron chi connectivity index (χ0n) is 19.0. The summed E-state index contributed by atoms with van der Waals surface area (Å²) in [6, 6.07) is 19.8. The van der Waals surface area contributed by atoms with E-state index in [9.17, 15) is 13.2 Å². The SMILES string of the molecule is Cc1ccc(-c2cc(C(F)(F)F)cc(C(C)OCC3(c4ccccc4)CCNCC3)n2)cc1. The Hall–Kier alpha value is -2.70. The summed E-state index contributed by atoms with van der Waals surface area (Å²) < 4.78 is 47.3. The van der Waals surface area contributed by atoms with Crippen molar-refractivity contribution < 1.29 is 17.9 Å². The van der Waals surface area contributed by atoms with Gasteiger partial charge in [-0.25, -0.2) is 0 Å². The Bertz CT molecular complexity index is 1060. The Balaban J connectivity index is 1.62. The molecule has 1 saturated heterocycles. The third-order valence-electron chi connectivity index (χ3n) is 6.49. The number of halogens is 3. The Kier molecular flexibility index (Phi) is 6.86. The van der Waals surface area contributed by atoms with Crippen LogP contribution < -0.4 is 5.32 Å². The molecular formula is C27H29F3N2O. The fourth-order valence-electron chi connectivity index (χ4n) is 4.38. The second-order valence-corrected chi connectivity index (χ2v) is 8.88. The van der Waals surface area contributed by atoms with Crippen LogP contribution in [0, 0.1) is 6.92 Å². The van der Waals surface area contributed by atoms with Crippen LogP contribution in [0.4, 0.5) is 13.2 Å². The lowest BCUT2D eigenvalue weighted by molar-refractivity contribution is -0.137. The lowest BCUT2D eigenvalue weighted by atomic mass is 9.74. The fourth-order valence-corrected chi connectivity index (χ4v) is 4.38. The van der Waals surface area contributed by atoms with Gasteiger partial charge >= 0.3 is 6.18 Å². The van der Waals surface area contributed by atoms with Gasteiger partial charge in [-0.15, -0.1) is 0 Å². The van der Waals surface area contributed by atoms with Gasteiger partial charge in [0.25, 0.3) is 0 Å². The van der Waals surface area contributed by atoms with E-state index in [1.54, 1.807) is 19.1 Å². The standard InChI is InChI=1S/C27H29F3N2O/c1-19-8-10-21(11-9-19)25-17-23(27(28,29)30)16-24(32-25)20(2)33-18-26(12-14-31-15-13-26)22-6-4-3-5-7-22/h3-11,16-17,20,31H,12-15,18H2,1-2H3. The highest BCUT2D eigenvalue weighted by atomic mass is 19.4. The Morgan fingerprint density at radius 3 is 2.30 bits per heavy atom. The molecule has 4 rings (SSSR count). The van der Waals surface area contributed by atoms with Crippen LogP contribution in [0.25, 0.3) is 11.3 Å². The lowest BCUT2D eigenvalue weighted by Crippen LogP contribution is -2.43. The maximum absolute atomic E-state index is 13.7. The molecule has 0 radical (unpaired) electrons. The summed E-state index contributed by atoms with van der Waals surface area (Å²) in [6.07, 6.45) is -3.22. The van der Waals surface area contributed by atoms with Gasteiger partial charge in [0.05, 0.1) is 29.7 Å². The molecule has 1 aliphatic rings. The highest BCUT2D eigenvalue weighted by Crippen LogP contribution is 2.37. The van der Waals surface area contributed by atoms with E-state index in [1.807, 2.05) is 37.3 Å². The van der Waals surface area contributed by atoms with Gasteiger partial charge in [-0.2, -0.15) is 13.2 Å². The molecule has 6 heteroatoms. The van der Waals surface area contributed by atoms with E-state index < -0.39 is 17.8 Å². The number of rotatable bonds is 6. The highest BCUT2D eigenvalue weighted by molar-refractivity contribution is 5.61. The summed E-state index contributed by atoms with van der Waals surface area (Å²) >= 11 is 0. The molecule has 1 N–H and O–H groups in total. The number of hydrogen-bond acceptors (Lipinski definition) is 3. The van der Waals surface area contributed by atoms with Crippen molar-refractivity contribution >= 4 is 0 Å². The summed E-state index contributed by atoms with van der Waals surface area (Å²) in [6.45, 7) is 5.91. The number of nitrogens with zero attached hydrogens (tertiary/aromatic N) is 1. The highest BCUT2D eigenvalue weighted by Gasteiger charge is 2.36. The summed E-state index contributed by atoms with van der Waals surface area (Å²) in [5.74, 6) is 0. The molecule has 0 aliphatic carbocycles. The number of pyridine rings is 1. The van der Waals surface area contributed by atoms with Crippen molar-refractivity contribution in [2.24, 2.45) is 0 Å². The van der Waals surface area contributed by atoms with Crippen LogP contribution >= 0.6 is 0 Å². The van der Waals surface area contributed by atoms with Gasteiger partial charge in [0.15, 0.2) is 0 Å². The average Bonchev–Trinajstić information content (AvgIpc) is 2.83. The first-order chi connectivity index (χ1) is 15.8. The minimum atomic E-state index is -4.46. The van der Waals surface area contributed by atoms with Crippen molar-refractivity contribution in [1.82, 2.24) is 10.3 Å². The molecule has 1 aliphatic heterocycles. The molecule has 1 atom stereocenters. The summed E-state index contributed by atoms with van der Waals surface area (Å²) in [7, 11) is 0. The van der Waals surface area contributed by atoms with Crippen molar-refractivity contribution in [2.45, 2.75) is 44.4 Å². The molecule has 33 heavy (non-hydrogen) atoms. The lowest BCUT2D eigenvalue weighted by Gasteiger charge is -2.38. The number of piperidine rings is 1. The van der Waals surface area contributed by atoms with E-state index in [2.05, 4.69) is 22.4 Å². The molecule has 0 saturated carbocycles. The van der Waals surface area contributed by atoms with Crippen LogP contribution in [0.1, 0.15) is 48.3 Å². The molecule has 174 valence electrons. The first kappa shape index (κ1) is 23.5. The van der Waals surface area contributed by atoms with Gasteiger partial charge in [-0.3, -0.25) is 4.98 Å². The largest absolute Gasteiger partial charge is 0.416 e. The van der Waals surface area contributed by atoms with Crippen molar-refractivity contribution in [2.75, 3.05) is 19.7 Å². The third kappa shape index (κ3) is 5.45. The second kappa shape index (κ2) is 9.65. The molecule has 1 fully saturated rings. The molecule has 0 spiro atoms. The van der Waals surface area contributed by atoms with E-state index in [4.69, 9.17) is 4.74 Å². The number of benzene rings is 2. The van der Waals surface area contributed by atoms with Crippen LogP contribution in [-0.2, 0) is 16.3 Å². The minimum absolute atomic E-state index is 0.164. The number of nitrogens with one attached hydrogen (secondary N) is 1. The molecule has 1 aromatic heterocycles. The first-order valence-electron chi connectivity index (χ1n) is 11.3. The topological polar surface area (TPSA) is 34.1 Å². The van der Waals surface area contributed by atoms with Gasteiger partial charge in [0, 0.05) is 11.0 Å². The monoisotopic (exact) mass is 454 g/mol. The predicted molar refractivity (Wildman–Crippen MR) is 124 cm³/mol. The summed E-state index contributed by atoms with van der Waals surface area (Å²) in [4.78, 5) is 4.57. The average molecular weight is 455 g/mol. The molecule has 0 bridgehead atoms. The van der Waals surface area contributed by atoms with Crippen molar-refractivity contribution in [3.63, 3.8) is 0 Å². The smallest absolute Gasteiger partial charge is 0.371 e. The zero-order chi connectivity index (χ0) is 23.5. The van der Waals surface area contributed by atoms with E-state index in [0.29, 0.717) is 17.9 Å². The van der Waals surface area contributed by atoms with Crippen molar-refractivity contribution in [3.05, 3.63) is 89.1 Å². The number of aryl methyl sites for hydroxylation is 1. The Morgan fingerprint density at radius 1 is 1.00 bits per heavy atom. The molecule has 0 amide bonds. The Labute approximate surface area is 193 Å². The van der Waals surface area contributed by atoms with Gasteiger partial charge in [0.2, 0.25) is 0 Å². The maximum Gasteiger partial charge on any atom is 0.416 e. The van der Waals surface area contributed by atoms with E-state index >= 15 is 0 Å². The van der Waals surface area contributed by atoms with Crippen LogP contribution in [0.5, 0.6) is 0 Å². The number of alkyl halides is 3. The van der Waals surface area contributed by atoms with Gasteiger partial charge in [0.1, 0.15) is 0 Å². The quantitative estimate of drug-likeness (QED) is 0.463. The minimum Gasteiger partial charge on any atom is -0.371 e. The predicted octanol–water partition coefficient (Wildman–Crippen LogP) is 6.47. The summed E-state index contributed by atoms with van der Waals surface area (Å²) in [5.41, 5.74) is 2.61. The molecule has 2 heterocycles. The van der Waals surface area contributed by atoms with Gasteiger partial charge in [-0.1, -0.05) is 60.2 Å². The number of aromatic nitrogens is 1. The van der Waals surface area contributed by atoms with Crippen molar-refractivity contribution in [3.8, 4) is 11.3 Å². The molecule has 2 aromatic carbocycles. The van der Waals surface area contributed by atoms with Crippen LogP contribution in [0.15, 0.2) is 66.7 Å². The van der Waals surface area contributed by atoms with E-state index in [0.717, 1.165) is 43.6 Å². The zero-order valence-corrected chi connectivity index (χ0v) is 19.0. The molecule has 1 unspecified atom stereocenters. The van der Waals surface area contributed by atoms with Crippen LogP contribution in [0.2, 0.25) is 0 Å². The fraction of sp³-hybridized carbons (Fsp3) is 0.370. The third-order valence-corrected chi connectivity index (χ3v) is 6.49. The second-order valence-electron chi connectivity index (χ2n) is 8.88. The molecular weight excluding hydrogens is 425 g/mol. The first-order valence-corrected chi connectivity index (χ1v) is 11.3. The van der Waals surface area contributed by atoms with Crippen LogP contribution in [0.3, 0.4) is 0 Å². The van der Waals surface area contributed by atoms with E-state index in [1.165, 1.54) is 5.56 Å². The van der Waals surface area contributed by atoms with Gasteiger partial charge in [-0.05, 0) is 57.5 Å². The number of hydrogen-bond donors (Lipinski definition) is 1. The number of ether oxygens (including phenoxy) is 1. The van der Waals surface area contributed by atoms with Crippen molar-refractivity contribution in [1.29, 1.82) is 0 Å². The Morgan fingerprint density at radius 2 is 1.67 bits per heavy atom. The molecule has 3 nitrogen and oxygen atoms in total. The molecule has 3 aromatic rings. The van der Waals surface area contributed by atoms with E-state index in [-0.39, 0.29) is 11.1 Å². The van der Waals surface area contributed by atoms with Crippen LogP contribution in [-0.4, -0.2) is 24.7 Å².